The number of rotatable bonds is 7. The Bertz CT molecular complexity index is 1030. The molecule has 0 aliphatic heterocycles. The molecule has 3 rings (SSSR count). The highest BCUT2D eigenvalue weighted by atomic mass is 32.2. The number of anilines is 2. The van der Waals surface area contributed by atoms with Gasteiger partial charge >= 0.3 is 0 Å². The number of hydrogen-bond donors (Lipinski definition) is 2. The van der Waals surface area contributed by atoms with E-state index in [4.69, 9.17) is 4.74 Å². The molecule has 0 aromatic heterocycles. The number of carbonyl (C=O) groups is 2. The molecule has 0 heterocycles. The van der Waals surface area contributed by atoms with Crippen molar-refractivity contribution < 1.29 is 14.3 Å². The lowest BCUT2D eigenvalue weighted by atomic mass is 10.2. The molecule has 6 heteroatoms. The summed E-state index contributed by atoms with van der Waals surface area (Å²) >= 11 is 1.44. The molecule has 0 fully saturated rings. The van der Waals surface area contributed by atoms with Gasteiger partial charge in [0.2, 0.25) is 5.91 Å². The number of nitrogens with one attached hydrogen (secondary N) is 2. The number of aryl methyl sites for hydroxylation is 1. The van der Waals surface area contributed by atoms with Crippen LogP contribution in [-0.4, -0.2) is 24.2 Å². The molecular weight excluding hydrogens is 396 g/mol. The van der Waals surface area contributed by atoms with Gasteiger partial charge in [0, 0.05) is 21.8 Å². The van der Waals surface area contributed by atoms with Crippen LogP contribution < -0.4 is 15.4 Å². The number of hydrogen-bond acceptors (Lipinski definition) is 4. The Kier molecular flexibility index (Phi) is 7.14. The van der Waals surface area contributed by atoms with Crippen LogP contribution in [-0.2, 0) is 4.79 Å². The highest BCUT2D eigenvalue weighted by Gasteiger charge is 2.15. The Morgan fingerprint density at radius 1 is 0.900 bits per heavy atom. The highest BCUT2D eigenvalue weighted by molar-refractivity contribution is 8.00. The fourth-order valence-corrected chi connectivity index (χ4v) is 3.74. The molecule has 0 radical (unpaired) electrons. The molecular formula is C24H24N2O3S. The number of thioether (sulfide) groups is 1. The number of carbonyl (C=O) groups excluding carboxylic acids is 2. The normalized spacial score (nSPS) is 11.4. The monoisotopic (exact) mass is 420 g/mol. The first-order chi connectivity index (χ1) is 14.4. The van der Waals surface area contributed by atoms with Crippen LogP contribution in [0, 0.1) is 6.92 Å². The van der Waals surface area contributed by atoms with E-state index in [0.29, 0.717) is 17.0 Å². The van der Waals surface area contributed by atoms with E-state index in [9.17, 15) is 9.59 Å². The van der Waals surface area contributed by atoms with Crippen LogP contribution in [0.25, 0.3) is 0 Å². The second kappa shape index (κ2) is 9.98. The molecule has 1 atom stereocenters. The topological polar surface area (TPSA) is 67.4 Å². The van der Waals surface area contributed by atoms with Crippen LogP contribution in [0.5, 0.6) is 5.75 Å². The minimum absolute atomic E-state index is 0.0710. The van der Waals surface area contributed by atoms with Gasteiger partial charge in [0.25, 0.3) is 5.91 Å². The Morgan fingerprint density at radius 3 is 2.23 bits per heavy atom. The van der Waals surface area contributed by atoms with Gasteiger partial charge in [-0.3, -0.25) is 9.59 Å². The summed E-state index contributed by atoms with van der Waals surface area (Å²) in [5.74, 6) is 0.422. The van der Waals surface area contributed by atoms with Crippen molar-refractivity contribution in [3.05, 3.63) is 83.9 Å². The van der Waals surface area contributed by atoms with Gasteiger partial charge < -0.3 is 15.4 Å². The molecule has 2 amide bonds. The smallest absolute Gasteiger partial charge is 0.255 e. The van der Waals surface area contributed by atoms with E-state index in [1.54, 1.807) is 31.4 Å². The summed E-state index contributed by atoms with van der Waals surface area (Å²) in [5.41, 5.74) is 3.09. The van der Waals surface area contributed by atoms with Crippen molar-refractivity contribution in [3.63, 3.8) is 0 Å². The van der Waals surface area contributed by atoms with E-state index in [0.717, 1.165) is 16.1 Å². The maximum Gasteiger partial charge on any atom is 0.255 e. The summed E-state index contributed by atoms with van der Waals surface area (Å²) in [6.07, 6.45) is 0. The standard InChI is InChI=1S/C24H24N2O3S/c1-16-6-4-7-19(14-16)25-23(27)17(2)30-22-9-5-8-20(15-22)26-24(28)18-10-12-21(29-3)13-11-18/h4-15,17H,1-3H3,(H,25,27)(H,26,28). The average Bonchev–Trinajstić information content (AvgIpc) is 2.74. The van der Waals surface area contributed by atoms with Crippen molar-refractivity contribution in [1.29, 1.82) is 0 Å². The van der Waals surface area contributed by atoms with Crippen molar-refractivity contribution in [1.82, 2.24) is 0 Å². The second-order valence-corrected chi connectivity index (χ2v) is 8.24. The van der Waals surface area contributed by atoms with Crippen LogP contribution in [0.3, 0.4) is 0 Å². The van der Waals surface area contributed by atoms with Gasteiger partial charge in [-0.15, -0.1) is 11.8 Å². The highest BCUT2D eigenvalue weighted by Crippen LogP contribution is 2.27. The summed E-state index contributed by atoms with van der Waals surface area (Å²) < 4.78 is 5.12. The summed E-state index contributed by atoms with van der Waals surface area (Å²) in [6.45, 7) is 3.85. The number of methoxy groups -OCH3 is 1. The van der Waals surface area contributed by atoms with E-state index in [-0.39, 0.29) is 17.1 Å². The molecule has 0 saturated carbocycles. The molecule has 5 nitrogen and oxygen atoms in total. The maximum absolute atomic E-state index is 12.5. The van der Waals surface area contributed by atoms with E-state index in [1.165, 1.54) is 11.8 Å². The fourth-order valence-electron chi connectivity index (χ4n) is 2.82. The van der Waals surface area contributed by atoms with Crippen LogP contribution in [0.1, 0.15) is 22.8 Å². The van der Waals surface area contributed by atoms with Crippen LogP contribution in [0.4, 0.5) is 11.4 Å². The van der Waals surface area contributed by atoms with E-state index < -0.39 is 0 Å². The predicted octanol–water partition coefficient (Wildman–Crippen LogP) is 5.38. The third kappa shape index (κ3) is 5.87. The molecule has 154 valence electrons. The zero-order chi connectivity index (χ0) is 21.5. The predicted molar refractivity (Wildman–Crippen MR) is 123 cm³/mol. The first-order valence-corrected chi connectivity index (χ1v) is 10.4. The van der Waals surface area contributed by atoms with Crippen LogP contribution in [0.2, 0.25) is 0 Å². The summed E-state index contributed by atoms with van der Waals surface area (Å²) in [7, 11) is 1.58. The lowest BCUT2D eigenvalue weighted by Crippen LogP contribution is -2.22. The van der Waals surface area contributed by atoms with Gasteiger partial charge in [0.15, 0.2) is 0 Å². The van der Waals surface area contributed by atoms with Gasteiger partial charge in [0.1, 0.15) is 5.75 Å². The van der Waals surface area contributed by atoms with Gasteiger partial charge in [0.05, 0.1) is 12.4 Å². The molecule has 0 aliphatic carbocycles. The Hall–Kier alpha value is -3.25. The molecule has 30 heavy (non-hydrogen) atoms. The Balaban J connectivity index is 1.61. The van der Waals surface area contributed by atoms with Crippen molar-refractivity contribution in [2.75, 3.05) is 17.7 Å². The minimum atomic E-state index is -0.293. The minimum Gasteiger partial charge on any atom is -0.497 e. The second-order valence-electron chi connectivity index (χ2n) is 6.83. The van der Waals surface area contributed by atoms with E-state index in [1.807, 2.05) is 62.4 Å². The van der Waals surface area contributed by atoms with E-state index in [2.05, 4.69) is 10.6 Å². The van der Waals surface area contributed by atoms with Crippen molar-refractivity contribution >= 4 is 35.0 Å². The van der Waals surface area contributed by atoms with Crippen LogP contribution >= 0.6 is 11.8 Å². The van der Waals surface area contributed by atoms with Crippen molar-refractivity contribution in [3.8, 4) is 5.75 Å². The molecule has 0 aliphatic rings. The molecule has 0 saturated heterocycles. The molecule has 0 spiro atoms. The summed E-state index contributed by atoms with van der Waals surface area (Å²) in [4.78, 5) is 25.9. The maximum atomic E-state index is 12.5. The lowest BCUT2D eigenvalue weighted by molar-refractivity contribution is -0.115. The van der Waals surface area contributed by atoms with Crippen LogP contribution in [0.15, 0.2) is 77.7 Å². The fraction of sp³-hybridized carbons (Fsp3) is 0.167. The quantitative estimate of drug-likeness (QED) is 0.504. The lowest BCUT2D eigenvalue weighted by Gasteiger charge is -2.13. The van der Waals surface area contributed by atoms with Crippen molar-refractivity contribution in [2.24, 2.45) is 0 Å². The number of ether oxygens (including phenoxy) is 1. The third-order valence-corrected chi connectivity index (χ3v) is 5.51. The molecule has 3 aromatic carbocycles. The number of amides is 2. The largest absolute Gasteiger partial charge is 0.497 e. The number of benzene rings is 3. The first kappa shape index (κ1) is 21.5. The average molecular weight is 421 g/mol. The SMILES string of the molecule is COc1ccc(C(=O)Nc2cccc(SC(C)C(=O)Nc3cccc(C)c3)c2)cc1. The zero-order valence-corrected chi connectivity index (χ0v) is 18.0. The van der Waals surface area contributed by atoms with Gasteiger partial charge in [-0.25, -0.2) is 0 Å². The molecule has 1 unspecified atom stereocenters. The van der Waals surface area contributed by atoms with Gasteiger partial charge in [-0.1, -0.05) is 18.2 Å². The Labute approximate surface area is 180 Å². The molecule has 2 N–H and O–H groups in total. The Morgan fingerprint density at radius 2 is 1.57 bits per heavy atom. The molecule has 0 bridgehead atoms. The first-order valence-electron chi connectivity index (χ1n) is 9.54. The van der Waals surface area contributed by atoms with Gasteiger partial charge in [-0.2, -0.15) is 0 Å². The summed E-state index contributed by atoms with van der Waals surface area (Å²) in [5, 5.41) is 5.54. The zero-order valence-electron chi connectivity index (χ0n) is 17.1. The third-order valence-electron chi connectivity index (χ3n) is 4.41. The molecule has 3 aromatic rings. The van der Waals surface area contributed by atoms with Crippen molar-refractivity contribution in [2.45, 2.75) is 24.0 Å². The summed E-state index contributed by atoms with van der Waals surface area (Å²) in [6, 6.07) is 22.1. The van der Waals surface area contributed by atoms with E-state index >= 15 is 0 Å². The van der Waals surface area contributed by atoms with Gasteiger partial charge in [-0.05, 0) is 74.0 Å².